The lowest BCUT2D eigenvalue weighted by Crippen LogP contribution is -2.68. The fourth-order valence-corrected chi connectivity index (χ4v) is 3.85. The van der Waals surface area contributed by atoms with Crippen LogP contribution in [0.25, 0.3) is 21.3 Å². The monoisotopic (exact) mass is 436 g/mol. The molecule has 152 valence electrons. The van der Waals surface area contributed by atoms with E-state index in [1.807, 2.05) is 59.1 Å². The van der Waals surface area contributed by atoms with E-state index in [4.69, 9.17) is 18.6 Å². The van der Waals surface area contributed by atoms with Crippen LogP contribution in [-0.2, 0) is 21.1 Å². The number of imidazole rings is 1. The standard InChI is InChI=1S/C17H17N6S.ClHO4/c1-21-12-8-4-5-9-13(12)22(2)16(21)18-20-19-17-23(3)14-10-6-7-11-15(14)24-17;2-1(3,4)5/h4-11H,1-3H3;(H,2,3,4,5)/q+1;/p-1. The Labute approximate surface area is 171 Å². The average molecular weight is 437 g/mol. The number of aryl methyl sites for hydroxylation is 3. The van der Waals surface area contributed by atoms with Crippen LogP contribution in [0.1, 0.15) is 0 Å². The van der Waals surface area contributed by atoms with Gasteiger partial charge >= 0.3 is 5.13 Å². The molecule has 12 heteroatoms. The van der Waals surface area contributed by atoms with Gasteiger partial charge in [-0.05, 0) is 35.6 Å². The number of hydrogen-bond donors (Lipinski definition) is 0. The minimum absolute atomic E-state index is 0.753. The van der Waals surface area contributed by atoms with E-state index >= 15 is 0 Å². The van der Waals surface area contributed by atoms with Crippen LogP contribution in [0.5, 0.6) is 0 Å². The highest BCUT2D eigenvalue weighted by atomic mass is 35.7. The Morgan fingerprint density at radius 1 is 0.897 bits per heavy atom. The highest BCUT2D eigenvalue weighted by Gasteiger charge is 2.15. The van der Waals surface area contributed by atoms with E-state index in [1.165, 1.54) is 4.70 Å². The summed E-state index contributed by atoms with van der Waals surface area (Å²) in [7, 11) is 1.01. The van der Waals surface area contributed by atoms with Crippen LogP contribution in [0.2, 0.25) is 0 Å². The predicted molar refractivity (Wildman–Crippen MR) is 95.0 cm³/mol. The van der Waals surface area contributed by atoms with Crippen molar-refractivity contribution in [1.29, 1.82) is 0 Å². The average Bonchev–Trinajstić information content (AvgIpc) is 3.11. The Hall–Kier alpha value is -2.67. The van der Waals surface area contributed by atoms with E-state index < -0.39 is 10.2 Å². The molecule has 0 aliphatic rings. The zero-order valence-corrected chi connectivity index (χ0v) is 17.3. The van der Waals surface area contributed by atoms with Gasteiger partial charge in [0.2, 0.25) is 5.62 Å². The van der Waals surface area contributed by atoms with Gasteiger partial charge in [0, 0.05) is 14.1 Å². The number of benzene rings is 2. The number of nitrogens with zero attached hydrogens (tertiary/aromatic N) is 6. The molecule has 0 aliphatic heterocycles. The summed E-state index contributed by atoms with van der Waals surface area (Å²) in [4.78, 5) is 0. The topological polar surface area (TPSA) is 143 Å². The smallest absolute Gasteiger partial charge is 0.312 e. The molecule has 0 bridgehead atoms. The molecule has 2 aromatic heterocycles. The summed E-state index contributed by atoms with van der Waals surface area (Å²) >= 11 is 1.60. The number of para-hydroxylation sites is 3. The second-order valence-electron chi connectivity index (χ2n) is 5.99. The van der Waals surface area contributed by atoms with Gasteiger partial charge in [0.05, 0.1) is 28.0 Å². The second kappa shape index (κ2) is 8.37. The number of thiazole rings is 1. The van der Waals surface area contributed by atoms with Crippen molar-refractivity contribution in [3.63, 3.8) is 0 Å². The Balaban J connectivity index is 0.000000431. The SMILES string of the molecule is Cn1c(=NN=Nc2sc3ccccc3[n+]2C)n(C)c2ccccc21.[O-][Cl+3]([O-])([O-])[O-]. The second-order valence-corrected chi connectivity index (χ2v) is 7.75. The molecule has 0 radical (unpaired) electrons. The van der Waals surface area contributed by atoms with Crippen molar-refractivity contribution in [2.75, 3.05) is 0 Å². The highest BCUT2D eigenvalue weighted by Crippen LogP contribution is 2.25. The lowest BCUT2D eigenvalue weighted by molar-refractivity contribution is -2.00. The number of hydrogen-bond acceptors (Lipinski definition) is 7. The van der Waals surface area contributed by atoms with Crippen molar-refractivity contribution in [2.45, 2.75) is 0 Å². The first-order valence-corrected chi connectivity index (χ1v) is 10.3. The normalized spacial score (nSPS) is 11.8. The van der Waals surface area contributed by atoms with E-state index in [0.29, 0.717) is 0 Å². The third kappa shape index (κ3) is 4.85. The van der Waals surface area contributed by atoms with E-state index in [9.17, 15) is 0 Å². The van der Waals surface area contributed by atoms with Gasteiger partial charge < -0.3 is 9.13 Å². The fraction of sp³-hybridized carbons (Fsp3) is 0.176. The van der Waals surface area contributed by atoms with Crippen LogP contribution in [0.15, 0.2) is 64.0 Å². The van der Waals surface area contributed by atoms with Gasteiger partial charge in [-0.15, -0.1) is 10.2 Å². The van der Waals surface area contributed by atoms with Gasteiger partial charge in [-0.2, -0.15) is 0 Å². The van der Waals surface area contributed by atoms with Gasteiger partial charge in [-0.1, -0.05) is 29.4 Å². The third-order valence-corrected chi connectivity index (χ3v) is 5.29. The maximum Gasteiger partial charge on any atom is 0.411 e. The summed E-state index contributed by atoms with van der Waals surface area (Å²) in [6.07, 6.45) is 0. The van der Waals surface area contributed by atoms with Crippen molar-refractivity contribution in [3.05, 3.63) is 54.1 Å². The third-order valence-electron chi connectivity index (χ3n) is 4.18. The van der Waals surface area contributed by atoms with Gasteiger partial charge in [-0.25, -0.2) is 23.2 Å². The maximum atomic E-state index is 8.49. The molecule has 0 unspecified atom stereocenters. The predicted octanol–water partition coefficient (Wildman–Crippen LogP) is -1.60. The minimum atomic E-state index is -4.94. The van der Waals surface area contributed by atoms with Crippen LogP contribution in [0, 0.1) is 10.2 Å². The number of rotatable bonds is 2. The number of fused-ring (bicyclic) bond motifs is 2. The van der Waals surface area contributed by atoms with Gasteiger partial charge in [-0.3, -0.25) is 0 Å². The van der Waals surface area contributed by atoms with Gasteiger partial charge in [0.1, 0.15) is 10.6 Å². The molecule has 0 atom stereocenters. The van der Waals surface area contributed by atoms with Crippen molar-refractivity contribution < 1.29 is 33.4 Å². The summed E-state index contributed by atoms with van der Waals surface area (Å²) in [6.45, 7) is 0. The minimum Gasteiger partial charge on any atom is -0.312 e. The maximum absolute atomic E-state index is 8.49. The molecule has 10 nitrogen and oxygen atoms in total. The summed E-state index contributed by atoms with van der Waals surface area (Å²) in [6, 6.07) is 16.4. The molecule has 0 amide bonds. The Kier molecular flexibility index (Phi) is 6.07. The van der Waals surface area contributed by atoms with E-state index in [-0.39, 0.29) is 0 Å². The number of halogens is 1. The zero-order chi connectivity index (χ0) is 21.2. The summed E-state index contributed by atoms with van der Waals surface area (Å²) in [5.74, 6) is 0. The van der Waals surface area contributed by atoms with Crippen LogP contribution < -0.4 is 28.8 Å². The summed E-state index contributed by atoms with van der Waals surface area (Å²) < 4.78 is 41.2. The van der Waals surface area contributed by atoms with Crippen molar-refractivity contribution >= 4 is 37.7 Å². The lowest BCUT2D eigenvalue weighted by Gasteiger charge is -2.17. The first kappa shape index (κ1) is 21.0. The van der Waals surface area contributed by atoms with E-state index in [1.54, 1.807) is 11.3 Å². The van der Waals surface area contributed by atoms with Crippen LogP contribution >= 0.6 is 11.3 Å². The molecule has 4 aromatic rings. The molecule has 2 aromatic carbocycles. The van der Waals surface area contributed by atoms with Crippen molar-refractivity contribution in [3.8, 4) is 0 Å². The van der Waals surface area contributed by atoms with Crippen LogP contribution in [0.4, 0.5) is 5.13 Å². The van der Waals surface area contributed by atoms with Crippen LogP contribution in [0.3, 0.4) is 0 Å². The van der Waals surface area contributed by atoms with Gasteiger partial charge in [0.25, 0.3) is 0 Å². The molecular formula is C17H17ClN6O4S. The van der Waals surface area contributed by atoms with Crippen molar-refractivity contribution in [2.24, 2.45) is 36.6 Å². The van der Waals surface area contributed by atoms with Crippen LogP contribution in [-0.4, -0.2) is 9.13 Å². The molecule has 0 N–H and O–H groups in total. The zero-order valence-electron chi connectivity index (χ0n) is 15.7. The molecular weight excluding hydrogens is 420 g/mol. The molecule has 0 saturated heterocycles. The molecule has 0 saturated carbocycles. The molecule has 29 heavy (non-hydrogen) atoms. The summed E-state index contributed by atoms with van der Waals surface area (Å²) in [5, 5.41) is 13.5. The van der Waals surface area contributed by atoms with E-state index in [0.717, 1.165) is 27.3 Å². The number of aromatic nitrogens is 3. The summed E-state index contributed by atoms with van der Waals surface area (Å²) in [5.41, 5.74) is 4.12. The Morgan fingerprint density at radius 3 is 1.97 bits per heavy atom. The molecule has 0 aliphatic carbocycles. The Morgan fingerprint density at radius 2 is 1.41 bits per heavy atom. The fourth-order valence-electron chi connectivity index (χ4n) is 2.88. The highest BCUT2D eigenvalue weighted by molar-refractivity contribution is 7.21. The quantitative estimate of drug-likeness (QED) is 0.212. The first-order chi connectivity index (χ1) is 13.7. The first-order valence-electron chi connectivity index (χ1n) is 8.21. The molecule has 0 fully saturated rings. The van der Waals surface area contributed by atoms with E-state index in [2.05, 4.69) is 39.7 Å². The van der Waals surface area contributed by atoms with Gasteiger partial charge in [0.15, 0.2) is 0 Å². The lowest BCUT2D eigenvalue weighted by atomic mass is 10.3. The van der Waals surface area contributed by atoms with Crippen molar-refractivity contribution in [1.82, 2.24) is 9.13 Å². The Bertz CT molecular complexity index is 1210. The molecule has 0 spiro atoms. The molecule has 4 rings (SSSR count). The molecule has 2 heterocycles. The largest absolute Gasteiger partial charge is 0.411 e.